The number of aromatic nitrogens is 4. The number of carbonyl (C=O) groups is 1. The van der Waals surface area contributed by atoms with Crippen molar-refractivity contribution in [2.45, 2.75) is 26.3 Å². The van der Waals surface area contributed by atoms with E-state index in [1.165, 1.54) is 12.8 Å². The molecule has 27 heavy (non-hydrogen) atoms. The molecule has 138 valence electrons. The van der Waals surface area contributed by atoms with Crippen LogP contribution < -0.4 is 10.6 Å². The molecule has 1 saturated heterocycles. The third-order valence-corrected chi connectivity index (χ3v) is 4.64. The lowest BCUT2D eigenvalue weighted by atomic mass is 10.1. The van der Waals surface area contributed by atoms with Crippen LogP contribution in [0.1, 0.15) is 18.5 Å². The first-order valence-corrected chi connectivity index (χ1v) is 9.12. The number of nitrogens with two attached hydrogens (primary N) is 1. The van der Waals surface area contributed by atoms with Crippen molar-refractivity contribution in [3.63, 3.8) is 0 Å². The molecule has 2 N–H and O–H groups in total. The van der Waals surface area contributed by atoms with Gasteiger partial charge in [0.15, 0.2) is 0 Å². The summed E-state index contributed by atoms with van der Waals surface area (Å²) in [6.45, 7) is 4.10. The van der Waals surface area contributed by atoms with Gasteiger partial charge in [0, 0.05) is 36.1 Å². The maximum atomic E-state index is 11.1. The van der Waals surface area contributed by atoms with Crippen LogP contribution in [0.3, 0.4) is 0 Å². The van der Waals surface area contributed by atoms with Crippen molar-refractivity contribution < 1.29 is 4.79 Å². The Morgan fingerprint density at radius 2 is 1.81 bits per heavy atom. The smallest absolute Gasteiger partial charge is 0.239 e. The van der Waals surface area contributed by atoms with Crippen molar-refractivity contribution in [3.05, 3.63) is 48.3 Å². The fourth-order valence-corrected chi connectivity index (χ4v) is 3.36. The van der Waals surface area contributed by atoms with Crippen LogP contribution >= 0.6 is 0 Å². The van der Waals surface area contributed by atoms with E-state index < -0.39 is 5.91 Å². The van der Waals surface area contributed by atoms with Crippen molar-refractivity contribution in [1.29, 1.82) is 0 Å². The third kappa shape index (κ3) is 3.81. The Hall–Kier alpha value is -3.22. The number of benzene rings is 1. The van der Waals surface area contributed by atoms with Crippen molar-refractivity contribution in [2.75, 3.05) is 18.0 Å². The van der Waals surface area contributed by atoms with Gasteiger partial charge in [0.2, 0.25) is 11.9 Å². The second-order valence-electron chi connectivity index (χ2n) is 6.83. The van der Waals surface area contributed by atoms with E-state index in [9.17, 15) is 4.79 Å². The third-order valence-electron chi connectivity index (χ3n) is 4.64. The average molecular weight is 362 g/mol. The Kier molecular flexibility index (Phi) is 4.58. The summed E-state index contributed by atoms with van der Waals surface area (Å²) in [5.41, 5.74) is 9.88. The molecule has 0 saturated carbocycles. The molecule has 3 aromatic rings. The number of nitrogens with zero attached hydrogens (tertiary/aromatic N) is 5. The normalized spacial score (nSPS) is 13.9. The van der Waals surface area contributed by atoms with E-state index in [2.05, 4.69) is 21.0 Å². The van der Waals surface area contributed by atoms with Crippen molar-refractivity contribution in [1.82, 2.24) is 19.7 Å². The van der Waals surface area contributed by atoms with Gasteiger partial charge < -0.3 is 10.6 Å². The lowest BCUT2D eigenvalue weighted by Gasteiger charge is -2.16. The second-order valence-corrected chi connectivity index (χ2v) is 6.83. The number of carbonyl (C=O) groups excluding carboxylic acids is 1. The fraction of sp³-hybridized carbons (Fsp3) is 0.300. The predicted octanol–water partition coefficient (Wildman–Crippen LogP) is 2.40. The molecule has 1 fully saturated rings. The van der Waals surface area contributed by atoms with Gasteiger partial charge in [-0.2, -0.15) is 5.10 Å². The zero-order chi connectivity index (χ0) is 18.8. The first kappa shape index (κ1) is 17.2. The molecule has 1 aliphatic rings. The second kappa shape index (κ2) is 7.19. The molecular formula is C20H22N6O. The Morgan fingerprint density at radius 1 is 1.07 bits per heavy atom. The van der Waals surface area contributed by atoms with Crippen molar-refractivity contribution >= 4 is 11.9 Å². The predicted molar refractivity (Wildman–Crippen MR) is 104 cm³/mol. The highest BCUT2D eigenvalue weighted by atomic mass is 16.1. The quantitative estimate of drug-likeness (QED) is 0.753. The van der Waals surface area contributed by atoms with E-state index in [4.69, 9.17) is 10.7 Å². The number of hydrogen-bond donors (Lipinski definition) is 1. The molecule has 0 bridgehead atoms. The highest BCUT2D eigenvalue weighted by molar-refractivity contribution is 5.74. The minimum atomic E-state index is -0.413. The number of amides is 1. The van der Waals surface area contributed by atoms with Gasteiger partial charge in [-0.3, -0.25) is 9.48 Å². The maximum absolute atomic E-state index is 11.1. The standard InChI is InChI=1S/C20H22N6O/c1-14-11-18(23-20(22-14)25-8-2-3-9-25)16-6-4-5-15(12-16)17-7-10-26(24-17)13-19(21)27/h4-7,10-12H,2-3,8-9,13H2,1H3,(H2,21,27). The van der Waals surface area contributed by atoms with Crippen molar-refractivity contribution in [3.8, 4) is 22.5 Å². The van der Waals surface area contributed by atoms with Crippen LogP contribution in [0.2, 0.25) is 0 Å². The zero-order valence-electron chi connectivity index (χ0n) is 15.3. The highest BCUT2D eigenvalue weighted by Crippen LogP contribution is 2.26. The molecule has 0 unspecified atom stereocenters. The van der Waals surface area contributed by atoms with Gasteiger partial charge in [0.25, 0.3) is 0 Å². The summed E-state index contributed by atoms with van der Waals surface area (Å²) in [5, 5.41) is 4.43. The van der Waals surface area contributed by atoms with E-state index in [-0.39, 0.29) is 6.54 Å². The summed E-state index contributed by atoms with van der Waals surface area (Å²) in [5.74, 6) is 0.392. The van der Waals surface area contributed by atoms with E-state index in [0.29, 0.717) is 0 Å². The molecule has 0 radical (unpaired) electrons. The summed E-state index contributed by atoms with van der Waals surface area (Å²) in [6.07, 6.45) is 4.14. The number of aryl methyl sites for hydroxylation is 1. The van der Waals surface area contributed by atoms with Crippen LogP contribution in [0.25, 0.3) is 22.5 Å². The molecule has 7 heteroatoms. The van der Waals surface area contributed by atoms with Crippen molar-refractivity contribution in [2.24, 2.45) is 5.73 Å². The lowest BCUT2D eigenvalue weighted by Crippen LogP contribution is -2.20. The first-order chi connectivity index (χ1) is 13.1. The minimum Gasteiger partial charge on any atom is -0.368 e. The Morgan fingerprint density at radius 3 is 2.56 bits per heavy atom. The highest BCUT2D eigenvalue weighted by Gasteiger charge is 2.16. The summed E-state index contributed by atoms with van der Waals surface area (Å²) in [6, 6.07) is 12.0. The minimum absolute atomic E-state index is 0.0734. The van der Waals surface area contributed by atoms with E-state index in [1.807, 2.05) is 37.3 Å². The fourth-order valence-electron chi connectivity index (χ4n) is 3.36. The summed E-state index contributed by atoms with van der Waals surface area (Å²) in [7, 11) is 0. The van der Waals surface area contributed by atoms with Crippen LogP contribution in [-0.2, 0) is 11.3 Å². The van der Waals surface area contributed by atoms with Crippen LogP contribution in [-0.4, -0.2) is 38.7 Å². The van der Waals surface area contributed by atoms with Gasteiger partial charge in [0.1, 0.15) is 6.54 Å². The monoisotopic (exact) mass is 362 g/mol. The molecule has 0 aliphatic carbocycles. The summed E-state index contributed by atoms with van der Waals surface area (Å²) >= 11 is 0. The molecular weight excluding hydrogens is 340 g/mol. The Balaban J connectivity index is 1.66. The Bertz CT molecular complexity index is 974. The molecule has 2 aromatic heterocycles. The van der Waals surface area contributed by atoms with Crippen LogP contribution in [0, 0.1) is 6.92 Å². The SMILES string of the molecule is Cc1cc(-c2cccc(-c3ccn(CC(N)=O)n3)c2)nc(N2CCCC2)n1. The molecule has 1 aromatic carbocycles. The molecule has 7 nitrogen and oxygen atoms in total. The molecule has 1 aliphatic heterocycles. The molecule has 0 atom stereocenters. The van der Waals surface area contributed by atoms with Gasteiger partial charge in [-0.05, 0) is 38.0 Å². The van der Waals surface area contributed by atoms with E-state index in [0.717, 1.165) is 47.2 Å². The first-order valence-electron chi connectivity index (χ1n) is 9.12. The topological polar surface area (TPSA) is 89.9 Å². The van der Waals surface area contributed by atoms with Gasteiger partial charge in [0.05, 0.1) is 11.4 Å². The molecule has 0 spiro atoms. The number of anilines is 1. The van der Waals surface area contributed by atoms with E-state index >= 15 is 0 Å². The number of primary amides is 1. The summed E-state index contributed by atoms with van der Waals surface area (Å²) < 4.78 is 1.55. The molecule has 3 heterocycles. The lowest BCUT2D eigenvalue weighted by molar-refractivity contribution is -0.118. The van der Waals surface area contributed by atoms with Crippen LogP contribution in [0.4, 0.5) is 5.95 Å². The average Bonchev–Trinajstić information content (AvgIpc) is 3.33. The largest absolute Gasteiger partial charge is 0.368 e. The van der Waals surface area contributed by atoms with Gasteiger partial charge in [-0.15, -0.1) is 0 Å². The Labute approximate surface area is 157 Å². The van der Waals surface area contributed by atoms with E-state index in [1.54, 1.807) is 10.9 Å². The molecule has 1 amide bonds. The van der Waals surface area contributed by atoms with Gasteiger partial charge in [-0.25, -0.2) is 9.97 Å². The van der Waals surface area contributed by atoms with Gasteiger partial charge >= 0.3 is 0 Å². The van der Waals surface area contributed by atoms with Gasteiger partial charge in [-0.1, -0.05) is 18.2 Å². The summed E-state index contributed by atoms with van der Waals surface area (Å²) in [4.78, 5) is 22.7. The van der Waals surface area contributed by atoms with Crippen LogP contribution in [0.5, 0.6) is 0 Å². The number of hydrogen-bond acceptors (Lipinski definition) is 5. The molecule has 4 rings (SSSR count). The van der Waals surface area contributed by atoms with Crippen LogP contribution in [0.15, 0.2) is 42.6 Å². The zero-order valence-corrected chi connectivity index (χ0v) is 15.3. The number of rotatable bonds is 5. The maximum Gasteiger partial charge on any atom is 0.239 e.